The van der Waals surface area contributed by atoms with Crippen LogP contribution in [0.5, 0.6) is 0 Å². The number of halogens is 1. The first-order chi connectivity index (χ1) is 14.7. The molecule has 0 radical (unpaired) electrons. The first-order valence-corrected chi connectivity index (χ1v) is 12.5. The Morgan fingerprint density at radius 3 is 2.59 bits per heavy atom. The maximum absolute atomic E-state index is 13.3. The fourth-order valence-electron chi connectivity index (χ4n) is 5.21. The van der Waals surface area contributed by atoms with Crippen LogP contribution in [-0.4, -0.2) is 82.6 Å². The number of fused-ring (bicyclic) bond motifs is 1. The van der Waals surface area contributed by atoms with E-state index in [1.54, 1.807) is 23.5 Å². The van der Waals surface area contributed by atoms with Gasteiger partial charge in [0, 0.05) is 63.8 Å². The zero-order chi connectivity index (χ0) is 22.2. The van der Waals surface area contributed by atoms with Crippen molar-refractivity contribution in [3.05, 3.63) is 29.8 Å². The lowest BCUT2D eigenvalue weighted by Crippen LogP contribution is -2.67. The van der Waals surface area contributed by atoms with Gasteiger partial charge in [0.15, 0.2) is 5.96 Å². The van der Waals surface area contributed by atoms with Gasteiger partial charge in [-0.1, -0.05) is 32.0 Å². The van der Waals surface area contributed by atoms with E-state index < -0.39 is 10.0 Å². The number of nitrogens with zero attached hydrogens (tertiary/aromatic N) is 3. The average Bonchev–Trinajstić information content (AvgIpc) is 3.21. The molecule has 3 atom stereocenters. The number of benzene rings is 1. The second-order valence-corrected chi connectivity index (χ2v) is 11.3. The van der Waals surface area contributed by atoms with Crippen LogP contribution in [0.15, 0.2) is 34.2 Å². The highest BCUT2D eigenvalue weighted by molar-refractivity contribution is 14.0. The Morgan fingerprint density at radius 1 is 1.22 bits per heavy atom. The van der Waals surface area contributed by atoms with Crippen LogP contribution >= 0.6 is 24.0 Å². The first-order valence-electron chi connectivity index (χ1n) is 11.1. The van der Waals surface area contributed by atoms with Crippen molar-refractivity contribution in [2.45, 2.75) is 43.9 Å². The normalized spacial score (nSPS) is 28.4. The number of aliphatic imine (C=N–C) groups is 1. The molecule has 1 saturated carbocycles. The largest absolute Gasteiger partial charge is 0.377 e. The van der Waals surface area contributed by atoms with Gasteiger partial charge in [-0.2, -0.15) is 4.31 Å². The van der Waals surface area contributed by atoms with Crippen molar-refractivity contribution < 1.29 is 13.2 Å². The van der Waals surface area contributed by atoms with E-state index in [0.29, 0.717) is 42.5 Å². The number of ether oxygens (including phenoxy) is 1. The van der Waals surface area contributed by atoms with E-state index in [2.05, 4.69) is 34.4 Å². The predicted molar refractivity (Wildman–Crippen MR) is 137 cm³/mol. The highest BCUT2D eigenvalue weighted by Crippen LogP contribution is 2.52. The van der Waals surface area contributed by atoms with E-state index in [9.17, 15) is 8.42 Å². The van der Waals surface area contributed by atoms with E-state index in [-0.39, 0.29) is 35.4 Å². The Bertz CT molecular complexity index is 931. The molecule has 3 unspecified atom stereocenters. The van der Waals surface area contributed by atoms with Crippen LogP contribution in [0.25, 0.3) is 0 Å². The molecule has 1 aromatic carbocycles. The van der Waals surface area contributed by atoms with E-state index in [0.717, 1.165) is 31.7 Å². The summed E-state index contributed by atoms with van der Waals surface area (Å²) in [5, 5.41) is 6.89. The molecular formula is C22H36IN5O3S. The molecular weight excluding hydrogens is 541 g/mol. The summed E-state index contributed by atoms with van der Waals surface area (Å²) in [5.41, 5.74) is 0.792. The van der Waals surface area contributed by atoms with E-state index in [4.69, 9.17) is 4.74 Å². The number of sulfonamides is 1. The van der Waals surface area contributed by atoms with Crippen molar-refractivity contribution in [2.75, 3.05) is 46.9 Å². The van der Waals surface area contributed by atoms with Gasteiger partial charge in [0.05, 0.1) is 11.0 Å². The van der Waals surface area contributed by atoms with E-state index in [1.165, 1.54) is 0 Å². The molecule has 2 heterocycles. The summed E-state index contributed by atoms with van der Waals surface area (Å²) in [4.78, 5) is 6.90. The molecule has 0 aromatic heterocycles. The summed E-state index contributed by atoms with van der Waals surface area (Å²) in [6, 6.07) is 7.53. The molecule has 4 rings (SSSR count). The summed E-state index contributed by atoms with van der Waals surface area (Å²) in [7, 11) is 0.236. The van der Waals surface area contributed by atoms with Gasteiger partial charge >= 0.3 is 0 Å². The minimum atomic E-state index is -3.53. The van der Waals surface area contributed by atoms with Crippen LogP contribution in [0.4, 0.5) is 0 Å². The Hall–Kier alpha value is -0.950. The van der Waals surface area contributed by atoms with Crippen molar-refractivity contribution in [3.8, 4) is 0 Å². The van der Waals surface area contributed by atoms with Crippen LogP contribution in [-0.2, 0) is 21.3 Å². The number of likely N-dealkylation sites (N-methyl/N-ethyl adjacent to an activating group) is 1. The molecule has 2 aliphatic heterocycles. The SMILES string of the molecule is CN=C(NCc1ccccc1S(=O)(=O)N1CCN(C)CC1)NC1C2CCOC2C1(C)C.I. The van der Waals surface area contributed by atoms with Crippen LogP contribution in [0.1, 0.15) is 25.8 Å². The molecule has 2 N–H and O–H groups in total. The average molecular weight is 578 g/mol. The highest BCUT2D eigenvalue weighted by atomic mass is 127. The maximum Gasteiger partial charge on any atom is 0.243 e. The molecule has 8 nitrogen and oxygen atoms in total. The summed E-state index contributed by atoms with van der Waals surface area (Å²) in [5.74, 6) is 1.19. The number of nitrogens with one attached hydrogen (secondary N) is 2. The van der Waals surface area contributed by atoms with Gasteiger partial charge in [-0.3, -0.25) is 4.99 Å². The third-order valence-electron chi connectivity index (χ3n) is 7.12. The third-order valence-corrected chi connectivity index (χ3v) is 9.11. The van der Waals surface area contributed by atoms with Gasteiger partial charge in [0.1, 0.15) is 0 Å². The molecule has 0 spiro atoms. The zero-order valence-corrected chi connectivity index (χ0v) is 22.5. The molecule has 0 bridgehead atoms. The molecule has 32 heavy (non-hydrogen) atoms. The topological polar surface area (TPSA) is 86.3 Å². The predicted octanol–water partition coefficient (Wildman–Crippen LogP) is 1.72. The second kappa shape index (κ2) is 10.1. The van der Waals surface area contributed by atoms with Crippen molar-refractivity contribution in [3.63, 3.8) is 0 Å². The Morgan fingerprint density at radius 2 is 1.91 bits per heavy atom. The van der Waals surface area contributed by atoms with Gasteiger partial charge in [-0.15, -0.1) is 24.0 Å². The van der Waals surface area contributed by atoms with E-state index >= 15 is 0 Å². The maximum atomic E-state index is 13.3. The van der Waals surface area contributed by atoms with Crippen molar-refractivity contribution in [1.82, 2.24) is 19.8 Å². The van der Waals surface area contributed by atoms with Gasteiger partial charge < -0.3 is 20.3 Å². The van der Waals surface area contributed by atoms with Gasteiger partial charge in [-0.05, 0) is 25.1 Å². The molecule has 180 valence electrons. The van der Waals surface area contributed by atoms with Crippen molar-refractivity contribution in [1.29, 1.82) is 0 Å². The van der Waals surface area contributed by atoms with Crippen LogP contribution < -0.4 is 10.6 Å². The van der Waals surface area contributed by atoms with Crippen LogP contribution in [0.3, 0.4) is 0 Å². The van der Waals surface area contributed by atoms with Crippen LogP contribution in [0, 0.1) is 11.3 Å². The first kappa shape index (κ1) is 25.7. The van der Waals surface area contributed by atoms with Crippen molar-refractivity contribution in [2.24, 2.45) is 16.3 Å². The van der Waals surface area contributed by atoms with Gasteiger partial charge in [0.2, 0.25) is 10.0 Å². The standard InChI is InChI=1S/C22H35N5O3S.HI/c1-22(2)19(17-9-14-30-20(17)22)25-21(23-3)24-15-16-7-5-6-8-18(16)31(28,29)27-12-10-26(4)11-13-27;/h5-8,17,19-20H,9-15H2,1-4H3,(H2,23,24,25);1H. The van der Waals surface area contributed by atoms with Crippen LogP contribution in [0.2, 0.25) is 0 Å². The molecule has 1 aliphatic carbocycles. The third kappa shape index (κ3) is 4.79. The molecule has 3 fully saturated rings. The zero-order valence-electron chi connectivity index (χ0n) is 19.4. The summed E-state index contributed by atoms with van der Waals surface area (Å²) >= 11 is 0. The summed E-state index contributed by atoms with van der Waals surface area (Å²) < 4.78 is 34.1. The Kier molecular flexibility index (Phi) is 8.12. The second-order valence-electron chi connectivity index (χ2n) is 9.43. The van der Waals surface area contributed by atoms with Crippen molar-refractivity contribution >= 4 is 40.0 Å². The lowest BCUT2D eigenvalue weighted by atomic mass is 9.57. The lowest BCUT2D eigenvalue weighted by molar-refractivity contribution is -0.106. The smallest absolute Gasteiger partial charge is 0.243 e. The molecule has 3 aliphatic rings. The number of hydrogen-bond acceptors (Lipinski definition) is 5. The van der Waals surface area contributed by atoms with E-state index in [1.807, 2.05) is 19.2 Å². The fourth-order valence-corrected chi connectivity index (χ4v) is 6.85. The molecule has 2 saturated heterocycles. The lowest BCUT2D eigenvalue weighted by Gasteiger charge is -2.54. The highest BCUT2D eigenvalue weighted by Gasteiger charge is 2.59. The van der Waals surface area contributed by atoms with Gasteiger partial charge in [-0.25, -0.2) is 8.42 Å². The molecule has 10 heteroatoms. The number of guanidine groups is 1. The van der Waals surface area contributed by atoms with Gasteiger partial charge in [0.25, 0.3) is 0 Å². The Labute approximate surface area is 209 Å². The minimum Gasteiger partial charge on any atom is -0.377 e. The number of rotatable bonds is 5. The molecule has 0 amide bonds. The summed E-state index contributed by atoms with van der Waals surface area (Å²) in [6.45, 7) is 8.20. The minimum absolute atomic E-state index is 0. The molecule has 1 aromatic rings. The fraction of sp³-hybridized carbons (Fsp3) is 0.682. The quantitative estimate of drug-likeness (QED) is 0.315. The Balaban J connectivity index is 0.00000289. The number of piperazine rings is 1. The summed E-state index contributed by atoms with van der Waals surface area (Å²) in [6.07, 6.45) is 1.37. The number of hydrogen-bond donors (Lipinski definition) is 2. The monoisotopic (exact) mass is 577 g/mol.